The smallest absolute Gasteiger partial charge is 0.270 e. The molecule has 0 radical (unpaired) electrons. The summed E-state index contributed by atoms with van der Waals surface area (Å²) in [4.78, 5) is 17.1. The van der Waals surface area contributed by atoms with Crippen molar-refractivity contribution in [2.75, 3.05) is 38.2 Å². The van der Waals surface area contributed by atoms with Crippen LogP contribution in [-0.2, 0) is 7.05 Å². The van der Waals surface area contributed by atoms with E-state index in [4.69, 9.17) is 11.2 Å². The zero-order chi connectivity index (χ0) is 18.8. The van der Waals surface area contributed by atoms with Gasteiger partial charge in [-0.15, -0.1) is 6.42 Å². The molecule has 2 aromatic rings. The zero-order valence-corrected chi connectivity index (χ0v) is 15.3. The molecule has 1 saturated heterocycles. The van der Waals surface area contributed by atoms with E-state index in [0.29, 0.717) is 24.5 Å². The van der Waals surface area contributed by atoms with E-state index in [0.717, 1.165) is 24.0 Å². The molecule has 0 saturated carbocycles. The second-order valence-electron chi connectivity index (χ2n) is 6.56. The number of piperazine rings is 1. The van der Waals surface area contributed by atoms with Crippen molar-refractivity contribution in [2.24, 2.45) is 7.05 Å². The average molecular weight is 350 g/mol. The molecule has 6 heteroatoms. The van der Waals surface area contributed by atoms with Gasteiger partial charge in [0.05, 0.1) is 24.9 Å². The Balaban J connectivity index is 2.19. The number of pyridine rings is 1. The molecule has 0 amide bonds. The van der Waals surface area contributed by atoms with Gasteiger partial charge in [-0.3, -0.25) is 9.69 Å². The minimum absolute atomic E-state index is 0.140. The van der Waals surface area contributed by atoms with Crippen LogP contribution in [0.3, 0.4) is 0 Å². The maximum absolute atomic E-state index is 12.8. The Kier molecular flexibility index (Phi) is 4.88. The van der Waals surface area contributed by atoms with Crippen LogP contribution in [0.4, 0.5) is 5.69 Å². The topological polar surface area (TPSA) is 61.5 Å². The van der Waals surface area contributed by atoms with Crippen LogP contribution in [-0.4, -0.2) is 48.8 Å². The molecule has 134 valence electrons. The zero-order valence-electron chi connectivity index (χ0n) is 15.3. The maximum atomic E-state index is 12.8. The molecule has 0 spiro atoms. The molecule has 1 aromatic heterocycles. The number of aromatic nitrogens is 1. The first kappa shape index (κ1) is 17.8. The van der Waals surface area contributed by atoms with Crippen molar-refractivity contribution in [2.45, 2.75) is 13.0 Å². The second kappa shape index (κ2) is 7.11. The van der Waals surface area contributed by atoms with Crippen LogP contribution in [0.2, 0.25) is 0 Å². The Labute approximate surface area is 153 Å². The lowest BCUT2D eigenvalue weighted by Gasteiger charge is -2.41. The Bertz CT molecular complexity index is 980. The number of benzene rings is 1. The van der Waals surface area contributed by atoms with E-state index in [1.165, 1.54) is 4.57 Å². The highest BCUT2D eigenvalue weighted by Crippen LogP contribution is 2.33. The molecule has 0 aliphatic carbocycles. The van der Waals surface area contributed by atoms with E-state index in [1.54, 1.807) is 14.2 Å². The van der Waals surface area contributed by atoms with Gasteiger partial charge in [-0.05, 0) is 19.1 Å². The molecule has 1 fully saturated rings. The lowest BCUT2D eigenvalue weighted by molar-refractivity contribution is 0.254. The summed E-state index contributed by atoms with van der Waals surface area (Å²) >= 11 is 0. The van der Waals surface area contributed by atoms with Crippen LogP contribution < -0.4 is 15.2 Å². The summed E-state index contributed by atoms with van der Waals surface area (Å²) in [6, 6.07) is 7.88. The van der Waals surface area contributed by atoms with E-state index in [9.17, 15) is 10.1 Å². The van der Waals surface area contributed by atoms with Crippen LogP contribution >= 0.6 is 0 Å². The monoisotopic (exact) mass is 350 g/mol. The van der Waals surface area contributed by atoms with Crippen molar-refractivity contribution in [1.82, 2.24) is 9.47 Å². The Morgan fingerprint density at radius 1 is 1.38 bits per heavy atom. The minimum Gasteiger partial charge on any atom is -0.497 e. The average Bonchev–Trinajstić information content (AvgIpc) is 2.65. The number of nitriles is 1. The summed E-state index contributed by atoms with van der Waals surface area (Å²) in [6.07, 6.45) is 5.43. The Morgan fingerprint density at radius 3 is 2.77 bits per heavy atom. The summed E-state index contributed by atoms with van der Waals surface area (Å²) in [6.45, 7) is 5.01. The summed E-state index contributed by atoms with van der Waals surface area (Å²) in [5, 5.41) is 10.6. The normalized spacial score (nSPS) is 17.7. The van der Waals surface area contributed by atoms with Crippen molar-refractivity contribution >= 4 is 16.6 Å². The van der Waals surface area contributed by atoms with E-state index < -0.39 is 0 Å². The predicted molar refractivity (Wildman–Crippen MR) is 103 cm³/mol. The van der Waals surface area contributed by atoms with Gasteiger partial charge in [0.15, 0.2) is 0 Å². The predicted octanol–water partition coefficient (Wildman–Crippen LogP) is 1.56. The SMILES string of the molecule is C#CCN1CCN(c2c(C#N)c(=O)n(C)c3cc(OC)ccc23)C(C)C1. The Morgan fingerprint density at radius 2 is 2.15 bits per heavy atom. The fourth-order valence-electron chi connectivity index (χ4n) is 3.67. The molecule has 2 heterocycles. The lowest BCUT2D eigenvalue weighted by Crippen LogP contribution is -2.52. The molecule has 1 aromatic carbocycles. The number of fused-ring (bicyclic) bond motifs is 1. The number of aryl methyl sites for hydroxylation is 1. The highest BCUT2D eigenvalue weighted by Gasteiger charge is 2.28. The van der Waals surface area contributed by atoms with Crippen LogP contribution in [0.5, 0.6) is 5.75 Å². The van der Waals surface area contributed by atoms with Gasteiger partial charge >= 0.3 is 0 Å². The van der Waals surface area contributed by atoms with E-state index in [2.05, 4.69) is 28.7 Å². The van der Waals surface area contributed by atoms with Gasteiger partial charge in [0.2, 0.25) is 0 Å². The lowest BCUT2D eigenvalue weighted by atomic mass is 10.0. The van der Waals surface area contributed by atoms with Crippen molar-refractivity contribution in [3.8, 4) is 24.2 Å². The molecule has 1 aliphatic rings. The van der Waals surface area contributed by atoms with E-state index in [1.807, 2.05) is 18.2 Å². The van der Waals surface area contributed by atoms with E-state index >= 15 is 0 Å². The first-order valence-corrected chi connectivity index (χ1v) is 8.55. The third-order valence-corrected chi connectivity index (χ3v) is 5.00. The highest BCUT2D eigenvalue weighted by atomic mass is 16.5. The molecule has 0 bridgehead atoms. The van der Waals surface area contributed by atoms with Crippen LogP contribution in [0, 0.1) is 23.7 Å². The van der Waals surface area contributed by atoms with Gasteiger partial charge < -0.3 is 14.2 Å². The van der Waals surface area contributed by atoms with Gasteiger partial charge in [0, 0.05) is 44.2 Å². The quantitative estimate of drug-likeness (QED) is 0.786. The van der Waals surface area contributed by atoms with Crippen molar-refractivity contribution in [1.29, 1.82) is 5.26 Å². The third-order valence-electron chi connectivity index (χ3n) is 5.00. The molecule has 26 heavy (non-hydrogen) atoms. The van der Waals surface area contributed by atoms with Crippen LogP contribution in [0.15, 0.2) is 23.0 Å². The summed E-state index contributed by atoms with van der Waals surface area (Å²) in [5.41, 5.74) is 1.35. The number of anilines is 1. The van der Waals surface area contributed by atoms with Crippen molar-refractivity contribution in [3.63, 3.8) is 0 Å². The molecule has 3 rings (SSSR count). The summed E-state index contributed by atoms with van der Waals surface area (Å²) < 4.78 is 6.81. The standard InChI is InChI=1S/C20H22N4O2/c1-5-8-23-9-10-24(14(2)13-23)19-16-7-6-15(26-4)11-18(16)22(3)20(25)17(19)12-21/h1,6-7,11,14H,8-10,13H2,2-4H3. The van der Waals surface area contributed by atoms with E-state index in [-0.39, 0.29) is 17.2 Å². The van der Waals surface area contributed by atoms with Crippen molar-refractivity contribution < 1.29 is 4.74 Å². The molecular weight excluding hydrogens is 328 g/mol. The molecular formula is C20H22N4O2. The van der Waals surface area contributed by atoms with Crippen molar-refractivity contribution in [3.05, 3.63) is 34.1 Å². The molecule has 1 atom stereocenters. The first-order valence-electron chi connectivity index (χ1n) is 8.55. The van der Waals surface area contributed by atoms with Gasteiger partial charge in [-0.1, -0.05) is 5.92 Å². The largest absolute Gasteiger partial charge is 0.497 e. The number of methoxy groups -OCH3 is 1. The molecule has 1 aliphatic heterocycles. The first-order chi connectivity index (χ1) is 12.5. The number of hydrogen-bond donors (Lipinski definition) is 0. The van der Waals surface area contributed by atoms with Gasteiger partial charge in [-0.2, -0.15) is 5.26 Å². The number of ether oxygens (including phenoxy) is 1. The van der Waals surface area contributed by atoms with Crippen LogP contribution in [0.1, 0.15) is 12.5 Å². The molecule has 1 unspecified atom stereocenters. The number of hydrogen-bond acceptors (Lipinski definition) is 5. The molecule has 6 nitrogen and oxygen atoms in total. The second-order valence-corrected chi connectivity index (χ2v) is 6.56. The van der Waals surface area contributed by atoms with Gasteiger partial charge in [-0.25, -0.2) is 0 Å². The molecule has 0 N–H and O–H groups in total. The fraction of sp³-hybridized carbons (Fsp3) is 0.400. The fourth-order valence-corrected chi connectivity index (χ4v) is 3.67. The Hall–Kier alpha value is -2.96. The minimum atomic E-state index is -0.290. The number of terminal acetylenes is 1. The van der Waals surface area contributed by atoms with Crippen LogP contribution in [0.25, 0.3) is 10.9 Å². The summed E-state index contributed by atoms with van der Waals surface area (Å²) in [7, 11) is 3.28. The maximum Gasteiger partial charge on any atom is 0.270 e. The third kappa shape index (κ3) is 2.89. The number of nitrogens with zero attached hydrogens (tertiary/aromatic N) is 4. The number of rotatable bonds is 3. The summed E-state index contributed by atoms with van der Waals surface area (Å²) in [5.74, 6) is 3.36. The van der Waals surface area contributed by atoms with Gasteiger partial charge in [0.1, 0.15) is 17.4 Å². The van der Waals surface area contributed by atoms with Gasteiger partial charge in [0.25, 0.3) is 5.56 Å². The highest BCUT2D eigenvalue weighted by molar-refractivity contribution is 5.95.